The molecule has 0 heterocycles. The number of allylic oxidation sites excluding steroid dienone is 2. The molecule has 2 atom stereocenters. The lowest BCUT2D eigenvalue weighted by Gasteiger charge is -2.16. The van der Waals surface area contributed by atoms with Crippen LogP contribution in [0.1, 0.15) is 19.8 Å². The summed E-state index contributed by atoms with van der Waals surface area (Å²) in [4.78, 5) is 0. The number of hydrogen-bond donors (Lipinski definition) is 0. The molecule has 1 aliphatic carbocycles. The molecular weight excluding hydrogens is 139 g/mol. The van der Waals surface area contributed by atoms with Gasteiger partial charge in [-0.25, -0.2) is 4.39 Å². The van der Waals surface area contributed by atoms with Crippen LogP contribution in [0.2, 0.25) is 0 Å². The minimum absolute atomic E-state index is 0.143. The third-order valence-corrected chi connectivity index (χ3v) is 2.05. The smallest absolute Gasteiger partial charge is 0.114 e. The van der Waals surface area contributed by atoms with Crippen molar-refractivity contribution in [2.75, 3.05) is 0 Å². The molecule has 1 aliphatic rings. The van der Waals surface area contributed by atoms with E-state index in [2.05, 4.69) is 0 Å². The van der Waals surface area contributed by atoms with E-state index >= 15 is 0 Å². The highest BCUT2D eigenvalue weighted by Crippen LogP contribution is 2.27. The van der Waals surface area contributed by atoms with Crippen molar-refractivity contribution in [3.8, 4) is 0 Å². The van der Waals surface area contributed by atoms with Crippen molar-refractivity contribution in [3.63, 3.8) is 0 Å². The maximum Gasteiger partial charge on any atom is 0.114 e. The van der Waals surface area contributed by atoms with Crippen LogP contribution in [-0.2, 0) is 0 Å². The predicted molar refractivity (Wildman–Crippen MR) is 37.2 cm³/mol. The van der Waals surface area contributed by atoms with Crippen molar-refractivity contribution in [2.24, 2.45) is 5.92 Å². The van der Waals surface area contributed by atoms with Crippen molar-refractivity contribution in [2.45, 2.75) is 25.1 Å². The molecule has 9 heavy (non-hydrogen) atoms. The van der Waals surface area contributed by atoms with Gasteiger partial charge in [-0.15, -0.1) is 11.6 Å². The van der Waals surface area contributed by atoms with Gasteiger partial charge in [0.05, 0.1) is 5.38 Å². The largest absolute Gasteiger partial charge is 0.211 e. The van der Waals surface area contributed by atoms with Gasteiger partial charge in [-0.1, -0.05) is 6.92 Å². The summed E-state index contributed by atoms with van der Waals surface area (Å²) in [7, 11) is 0. The molecule has 0 saturated heterocycles. The summed E-state index contributed by atoms with van der Waals surface area (Å²) >= 11 is 5.59. The van der Waals surface area contributed by atoms with Gasteiger partial charge >= 0.3 is 0 Å². The van der Waals surface area contributed by atoms with Crippen LogP contribution in [0.3, 0.4) is 0 Å². The van der Waals surface area contributed by atoms with Crippen LogP contribution in [0.15, 0.2) is 11.9 Å². The number of halogens is 2. The summed E-state index contributed by atoms with van der Waals surface area (Å²) in [6, 6.07) is 0. The van der Waals surface area contributed by atoms with Gasteiger partial charge in [-0.2, -0.15) is 0 Å². The first-order valence-electron chi connectivity index (χ1n) is 3.21. The highest BCUT2D eigenvalue weighted by Gasteiger charge is 2.17. The van der Waals surface area contributed by atoms with Crippen LogP contribution in [0.4, 0.5) is 4.39 Å². The lowest BCUT2D eigenvalue weighted by molar-refractivity contribution is 0.485. The van der Waals surface area contributed by atoms with Gasteiger partial charge in [-0.05, 0) is 24.8 Å². The Balaban J connectivity index is 2.61. The van der Waals surface area contributed by atoms with E-state index in [1.54, 1.807) is 6.08 Å². The zero-order chi connectivity index (χ0) is 6.85. The number of hydrogen-bond acceptors (Lipinski definition) is 0. The molecule has 0 aromatic rings. The normalized spacial score (nSPS) is 36.1. The minimum Gasteiger partial charge on any atom is -0.211 e. The molecule has 0 amide bonds. The maximum atomic E-state index is 12.6. The zero-order valence-corrected chi connectivity index (χ0v) is 6.16. The molecule has 0 radical (unpaired) electrons. The average Bonchev–Trinajstić information content (AvgIpc) is 1.80. The summed E-state index contributed by atoms with van der Waals surface area (Å²) in [5.74, 6) is 0.232. The zero-order valence-electron chi connectivity index (χ0n) is 5.40. The van der Waals surface area contributed by atoms with Gasteiger partial charge in [0.15, 0.2) is 0 Å². The summed E-state index contributed by atoms with van der Waals surface area (Å²) in [6.45, 7) is 2.00. The van der Waals surface area contributed by atoms with Gasteiger partial charge < -0.3 is 0 Å². The van der Waals surface area contributed by atoms with Crippen molar-refractivity contribution >= 4 is 11.6 Å². The Morgan fingerprint density at radius 2 is 2.33 bits per heavy atom. The fourth-order valence-electron chi connectivity index (χ4n) is 1.01. The van der Waals surface area contributed by atoms with E-state index in [0.29, 0.717) is 5.92 Å². The third-order valence-electron chi connectivity index (χ3n) is 1.62. The molecule has 0 saturated carbocycles. The van der Waals surface area contributed by atoms with Crippen molar-refractivity contribution in [3.05, 3.63) is 11.9 Å². The van der Waals surface area contributed by atoms with E-state index in [0.717, 1.165) is 12.8 Å². The van der Waals surface area contributed by atoms with Crippen LogP contribution in [-0.4, -0.2) is 5.38 Å². The van der Waals surface area contributed by atoms with Gasteiger partial charge in [0.1, 0.15) is 5.83 Å². The Morgan fingerprint density at radius 1 is 1.67 bits per heavy atom. The highest BCUT2D eigenvalue weighted by molar-refractivity contribution is 6.22. The molecule has 0 N–H and O–H groups in total. The molecule has 1 unspecified atom stereocenters. The summed E-state index contributed by atoms with van der Waals surface area (Å²) in [5, 5.41) is -0.346. The summed E-state index contributed by atoms with van der Waals surface area (Å²) < 4.78 is 12.6. The molecule has 0 spiro atoms. The molecule has 0 bridgehead atoms. The van der Waals surface area contributed by atoms with Crippen molar-refractivity contribution in [1.29, 1.82) is 0 Å². The quantitative estimate of drug-likeness (QED) is 0.464. The standard InChI is InChI=1S/C7H10ClF/c1-5-2-3-6(8)7(9)4-5/h4-6H,2-3H2,1H3/t5?,6-/m0/s1. The third kappa shape index (κ3) is 1.68. The van der Waals surface area contributed by atoms with E-state index < -0.39 is 0 Å². The lowest BCUT2D eigenvalue weighted by atomic mass is 9.97. The topological polar surface area (TPSA) is 0 Å². The SMILES string of the molecule is CC1C=C(F)[C@@H](Cl)CC1. The van der Waals surface area contributed by atoms with Crippen LogP contribution in [0.25, 0.3) is 0 Å². The fourth-order valence-corrected chi connectivity index (χ4v) is 1.21. The number of alkyl halides is 1. The van der Waals surface area contributed by atoms with E-state index in [9.17, 15) is 4.39 Å². The minimum atomic E-state index is -0.346. The van der Waals surface area contributed by atoms with Crippen LogP contribution in [0, 0.1) is 5.92 Å². The van der Waals surface area contributed by atoms with Gasteiger partial charge in [0, 0.05) is 0 Å². The Kier molecular flexibility index (Phi) is 2.12. The summed E-state index contributed by atoms with van der Waals surface area (Å²) in [6.07, 6.45) is 3.41. The van der Waals surface area contributed by atoms with E-state index in [1.807, 2.05) is 6.92 Å². The molecule has 0 aromatic heterocycles. The molecule has 0 aliphatic heterocycles. The van der Waals surface area contributed by atoms with Crippen molar-refractivity contribution < 1.29 is 4.39 Å². The molecule has 0 aromatic carbocycles. The molecular formula is C7H10ClF. The molecule has 1 rings (SSSR count). The van der Waals surface area contributed by atoms with E-state index in [4.69, 9.17) is 11.6 Å². The first kappa shape index (κ1) is 7.07. The van der Waals surface area contributed by atoms with Crippen LogP contribution < -0.4 is 0 Å². The average molecular weight is 149 g/mol. The number of rotatable bonds is 0. The van der Waals surface area contributed by atoms with E-state index in [1.165, 1.54) is 0 Å². The first-order chi connectivity index (χ1) is 4.20. The van der Waals surface area contributed by atoms with E-state index in [-0.39, 0.29) is 11.2 Å². The molecule has 0 fully saturated rings. The van der Waals surface area contributed by atoms with Gasteiger partial charge in [0.2, 0.25) is 0 Å². The van der Waals surface area contributed by atoms with Gasteiger partial charge in [0.25, 0.3) is 0 Å². The lowest BCUT2D eigenvalue weighted by Crippen LogP contribution is -2.09. The monoisotopic (exact) mass is 148 g/mol. The Hall–Kier alpha value is -0.0400. The second-order valence-corrected chi connectivity index (χ2v) is 3.10. The van der Waals surface area contributed by atoms with Crippen molar-refractivity contribution in [1.82, 2.24) is 0 Å². The fraction of sp³-hybridized carbons (Fsp3) is 0.714. The predicted octanol–water partition coefficient (Wildman–Crippen LogP) is 2.88. The molecule has 52 valence electrons. The first-order valence-corrected chi connectivity index (χ1v) is 3.65. The Bertz CT molecular complexity index is 131. The van der Waals surface area contributed by atoms with Crippen LogP contribution >= 0.6 is 11.6 Å². The van der Waals surface area contributed by atoms with Crippen LogP contribution in [0.5, 0.6) is 0 Å². The second kappa shape index (κ2) is 2.70. The highest BCUT2D eigenvalue weighted by atomic mass is 35.5. The molecule has 2 heteroatoms. The Labute approximate surface area is 59.7 Å². The van der Waals surface area contributed by atoms with Gasteiger partial charge in [-0.3, -0.25) is 0 Å². The second-order valence-electron chi connectivity index (χ2n) is 2.57. The molecule has 0 nitrogen and oxygen atoms in total. The summed E-state index contributed by atoms with van der Waals surface area (Å²) in [5.41, 5.74) is 0. The maximum absolute atomic E-state index is 12.6. The Morgan fingerprint density at radius 3 is 2.78 bits per heavy atom.